The third-order valence-corrected chi connectivity index (χ3v) is 13.4. The van der Waals surface area contributed by atoms with E-state index in [0.29, 0.717) is 0 Å². The number of anilines is 3. The predicted octanol–water partition coefficient (Wildman–Crippen LogP) is 16.6. The summed E-state index contributed by atoms with van der Waals surface area (Å²) in [6, 6.07) is 77.6. The Labute approximate surface area is 340 Å². The van der Waals surface area contributed by atoms with Gasteiger partial charge >= 0.3 is 0 Å². The molecule has 0 fully saturated rings. The molecule has 1 nitrogen and oxygen atoms in total. The zero-order valence-electron chi connectivity index (χ0n) is 31.0. The number of benzene rings is 9. The van der Waals surface area contributed by atoms with Gasteiger partial charge in [0.25, 0.3) is 0 Å². The van der Waals surface area contributed by atoms with E-state index in [1.54, 1.807) is 0 Å². The van der Waals surface area contributed by atoms with Crippen LogP contribution >= 0.6 is 22.7 Å². The first kappa shape index (κ1) is 33.5. The van der Waals surface area contributed by atoms with Gasteiger partial charge in [0.05, 0.1) is 0 Å². The van der Waals surface area contributed by atoms with E-state index in [1.165, 1.54) is 84.9 Å². The van der Waals surface area contributed by atoms with Gasteiger partial charge in [-0.25, -0.2) is 0 Å². The molecule has 0 saturated heterocycles. The van der Waals surface area contributed by atoms with Crippen LogP contribution in [0.2, 0.25) is 0 Å². The molecule has 0 radical (unpaired) electrons. The van der Waals surface area contributed by atoms with Crippen LogP contribution in [-0.4, -0.2) is 0 Å². The molecule has 11 rings (SSSR count). The molecule has 268 valence electrons. The van der Waals surface area contributed by atoms with Gasteiger partial charge < -0.3 is 4.90 Å². The van der Waals surface area contributed by atoms with Crippen molar-refractivity contribution >= 4 is 80.1 Å². The highest BCUT2D eigenvalue weighted by molar-refractivity contribution is 7.26. The Morgan fingerprint density at radius 2 is 0.561 bits per heavy atom. The third kappa shape index (κ3) is 6.18. The van der Waals surface area contributed by atoms with Crippen LogP contribution in [0.25, 0.3) is 84.9 Å². The molecule has 3 heteroatoms. The zero-order valence-corrected chi connectivity index (χ0v) is 32.6. The molecule has 11 aromatic rings. The van der Waals surface area contributed by atoms with Crippen LogP contribution in [0.5, 0.6) is 0 Å². The van der Waals surface area contributed by atoms with Crippen LogP contribution in [0.15, 0.2) is 212 Å². The second kappa shape index (κ2) is 14.1. The molecular formula is C54H35NS2. The van der Waals surface area contributed by atoms with Gasteiger partial charge in [-0.2, -0.15) is 0 Å². The van der Waals surface area contributed by atoms with Gasteiger partial charge in [-0.15, -0.1) is 22.7 Å². The molecule has 0 atom stereocenters. The van der Waals surface area contributed by atoms with Gasteiger partial charge in [-0.05, 0) is 117 Å². The summed E-state index contributed by atoms with van der Waals surface area (Å²) < 4.78 is 5.26. The number of thiophene rings is 2. The largest absolute Gasteiger partial charge is 0.310 e. The second-order valence-electron chi connectivity index (χ2n) is 14.5. The van der Waals surface area contributed by atoms with Gasteiger partial charge in [0.1, 0.15) is 0 Å². The van der Waals surface area contributed by atoms with Gasteiger partial charge in [0.15, 0.2) is 0 Å². The van der Waals surface area contributed by atoms with Crippen molar-refractivity contribution in [2.45, 2.75) is 0 Å². The lowest BCUT2D eigenvalue weighted by atomic mass is 9.99. The Morgan fingerprint density at radius 1 is 0.228 bits per heavy atom. The monoisotopic (exact) mass is 761 g/mol. The average Bonchev–Trinajstić information content (AvgIpc) is 3.85. The molecule has 0 bridgehead atoms. The highest BCUT2D eigenvalue weighted by atomic mass is 32.1. The van der Waals surface area contributed by atoms with Crippen LogP contribution in [0, 0.1) is 0 Å². The highest BCUT2D eigenvalue weighted by Gasteiger charge is 2.17. The van der Waals surface area contributed by atoms with Crippen molar-refractivity contribution in [2.75, 3.05) is 4.90 Å². The Hall–Kier alpha value is -6.78. The van der Waals surface area contributed by atoms with Crippen molar-refractivity contribution in [3.8, 4) is 44.5 Å². The number of hydrogen-bond acceptors (Lipinski definition) is 3. The molecule has 0 aliphatic carbocycles. The molecule has 2 heterocycles. The molecule has 9 aromatic carbocycles. The maximum Gasteiger partial charge on any atom is 0.0468 e. The Morgan fingerprint density at radius 3 is 1.07 bits per heavy atom. The summed E-state index contributed by atoms with van der Waals surface area (Å²) in [5.74, 6) is 0. The second-order valence-corrected chi connectivity index (χ2v) is 16.7. The summed E-state index contributed by atoms with van der Waals surface area (Å²) >= 11 is 3.73. The van der Waals surface area contributed by atoms with E-state index in [2.05, 4.69) is 217 Å². The zero-order chi connectivity index (χ0) is 37.7. The molecule has 0 saturated carbocycles. The summed E-state index contributed by atoms with van der Waals surface area (Å²) in [6.45, 7) is 0. The molecular weight excluding hydrogens is 727 g/mol. The van der Waals surface area contributed by atoms with Crippen molar-refractivity contribution in [3.63, 3.8) is 0 Å². The van der Waals surface area contributed by atoms with Gasteiger partial charge in [-0.1, -0.05) is 140 Å². The Bertz CT molecular complexity index is 3200. The van der Waals surface area contributed by atoms with E-state index < -0.39 is 0 Å². The van der Waals surface area contributed by atoms with Crippen LogP contribution in [0.3, 0.4) is 0 Å². The molecule has 0 amide bonds. The summed E-state index contributed by atoms with van der Waals surface area (Å²) in [4.78, 5) is 2.39. The standard InChI is InChI=1S/C54H35NS2/c1-3-9-36(10-4-1)38-15-17-39(18-16-38)41-21-27-45(28-22-41)55(44-25-19-40(20-26-44)37-11-5-2-6-12-37)46-29-32-54-50(35-46)49-34-43(24-31-53(49)57-54)42-23-30-52-48(33-42)47-13-7-8-14-51(47)56-52/h1-35H. The summed E-state index contributed by atoms with van der Waals surface area (Å²) in [5, 5.41) is 5.22. The van der Waals surface area contributed by atoms with Crippen LogP contribution in [-0.2, 0) is 0 Å². The number of fused-ring (bicyclic) bond motifs is 6. The molecule has 0 spiro atoms. The first-order valence-corrected chi connectivity index (χ1v) is 20.9. The topological polar surface area (TPSA) is 3.24 Å². The normalized spacial score (nSPS) is 11.5. The lowest BCUT2D eigenvalue weighted by Crippen LogP contribution is -2.09. The van der Waals surface area contributed by atoms with E-state index in [-0.39, 0.29) is 0 Å². The fourth-order valence-corrected chi connectivity index (χ4v) is 10.3. The lowest BCUT2D eigenvalue weighted by molar-refractivity contribution is 1.29. The van der Waals surface area contributed by atoms with Gasteiger partial charge in [-0.3, -0.25) is 0 Å². The Balaban J connectivity index is 0.993. The first-order chi connectivity index (χ1) is 28.2. The number of nitrogens with zero attached hydrogens (tertiary/aromatic N) is 1. The molecule has 0 aliphatic heterocycles. The molecule has 57 heavy (non-hydrogen) atoms. The first-order valence-electron chi connectivity index (χ1n) is 19.3. The lowest BCUT2D eigenvalue weighted by Gasteiger charge is -2.26. The van der Waals surface area contributed by atoms with E-state index in [4.69, 9.17) is 0 Å². The third-order valence-electron chi connectivity index (χ3n) is 11.1. The van der Waals surface area contributed by atoms with Crippen LogP contribution in [0.4, 0.5) is 17.1 Å². The van der Waals surface area contributed by atoms with Crippen molar-refractivity contribution in [3.05, 3.63) is 212 Å². The molecule has 0 aliphatic rings. The van der Waals surface area contributed by atoms with Crippen LogP contribution < -0.4 is 4.90 Å². The maximum absolute atomic E-state index is 2.39. The summed E-state index contributed by atoms with van der Waals surface area (Å²) in [7, 11) is 0. The van der Waals surface area contributed by atoms with Crippen molar-refractivity contribution in [2.24, 2.45) is 0 Å². The Kier molecular flexibility index (Phi) is 8.28. The van der Waals surface area contributed by atoms with Crippen LogP contribution in [0.1, 0.15) is 0 Å². The highest BCUT2D eigenvalue weighted by Crippen LogP contribution is 2.43. The smallest absolute Gasteiger partial charge is 0.0468 e. The van der Waals surface area contributed by atoms with Gasteiger partial charge in [0, 0.05) is 57.4 Å². The fraction of sp³-hybridized carbons (Fsp3) is 0. The van der Waals surface area contributed by atoms with E-state index in [0.717, 1.165) is 17.1 Å². The van der Waals surface area contributed by atoms with E-state index in [9.17, 15) is 0 Å². The summed E-state index contributed by atoms with van der Waals surface area (Å²) in [6.07, 6.45) is 0. The van der Waals surface area contributed by atoms with E-state index >= 15 is 0 Å². The fourth-order valence-electron chi connectivity index (χ4n) is 8.16. The van der Waals surface area contributed by atoms with Gasteiger partial charge in [0.2, 0.25) is 0 Å². The minimum absolute atomic E-state index is 1.11. The SMILES string of the molecule is c1ccc(-c2ccc(-c3ccc(N(c4ccc(-c5ccccc5)cc4)c4ccc5sc6ccc(-c7ccc8sc9ccccc9c8c7)cc6c5c4)cc3)cc2)cc1. The van der Waals surface area contributed by atoms with Crippen molar-refractivity contribution < 1.29 is 0 Å². The van der Waals surface area contributed by atoms with Crippen molar-refractivity contribution in [1.82, 2.24) is 0 Å². The maximum atomic E-state index is 2.39. The quantitative estimate of drug-likeness (QED) is 0.156. The average molecular weight is 762 g/mol. The molecule has 0 N–H and O–H groups in total. The number of rotatable bonds is 7. The van der Waals surface area contributed by atoms with Crippen molar-refractivity contribution in [1.29, 1.82) is 0 Å². The molecule has 0 unspecified atom stereocenters. The number of hydrogen-bond donors (Lipinski definition) is 0. The molecule has 2 aromatic heterocycles. The minimum atomic E-state index is 1.11. The minimum Gasteiger partial charge on any atom is -0.310 e. The summed E-state index contributed by atoms with van der Waals surface area (Å²) in [5.41, 5.74) is 13.1. The van der Waals surface area contributed by atoms with E-state index in [1.807, 2.05) is 22.7 Å². The predicted molar refractivity (Wildman–Crippen MR) is 249 cm³/mol.